The van der Waals surface area contributed by atoms with Crippen molar-refractivity contribution in [2.45, 2.75) is 59.3 Å². The van der Waals surface area contributed by atoms with Gasteiger partial charge in [-0.3, -0.25) is 4.79 Å². The largest absolute Gasteiger partial charge is 0.343 e. The second-order valence-corrected chi connectivity index (χ2v) is 9.51. The molecule has 5 rings (SSSR count). The number of aromatic nitrogens is 6. The number of amides is 1. The number of hydrogen-bond acceptors (Lipinski definition) is 5. The van der Waals surface area contributed by atoms with E-state index >= 15 is 0 Å². The molecule has 0 bridgehead atoms. The Labute approximate surface area is 206 Å². The maximum atomic E-state index is 13.0. The van der Waals surface area contributed by atoms with Crippen LogP contribution in [0.15, 0.2) is 42.5 Å². The minimum absolute atomic E-state index is 0.242. The number of piperidine rings is 1. The molecule has 0 saturated carbocycles. The number of carbonyl (C=O) groups is 1. The zero-order valence-corrected chi connectivity index (χ0v) is 20.8. The Morgan fingerprint density at radius 2 is 1.77 bits per heavy atom. The number of carbonyl (C=O) groups excluding carboxylic acids is 1. The first-order valence-corrected chi connectivity index (χ1v) is 12.6. The van der Waals surface area contributed by atoms with Crippen molar-refractivity contribution >= 4 is 11.6 Å². The molecule has 3 aromatic heterocycles. The molecule has 1 fully saturated rings. The van der Waals surface area contributed by atoms with Gasteiger partial charge >= 0.3 is 0 Å². The third-order valence-electron chi connectivity index (χ3n) is 7.21. The SMILES string of the molecule is CCc1nnc2ccc(-n3nc(C)c(CCC(=O)N4CCC(Cc5ccccc5)CC4)c3C)nn12. The predicted molar refractivity (Wildman–Crippen MR) is 135 cm³/mol. The standard InChI is InChI=1S/C27H33N7O/c1-4-24-28-29-25-11-12-26(31-34(24)25)33-20(3)23(19(2)30-33)10-13-27(35)32-16-14-22(15-17-32)18-21-8-6-5-7-9-21/h5-9,11-12,22H,4,10,13-18H2,1-3H3. The van der Waals surface area contributed by atoms with E-state index in [2.05, 4.69) is 40.5 Å². The lowest BCUT2D eigenvalue weighted by molar-refractivity contribution is -0.132. The van der Waals surface area contributed by atoms with Gasteiger partial charge in [-0.25, -0.2) is 4.68 Å². The highest BCUT2D eigenvalue weighted by atomic mass is 16.2. The van der Waals surface area contributed by atoms with E-state index in [-0.39, 0.29) is 5.91 Å². The Bertz CT molecular complexity index is 1320. The van der Waals surface area contributed by atoms with Crippen molar-refractivity contribution in [1.29, 1.82) is 0 Å². The van der Waals surface area contributed by atoms with E-state index in [1.54, 1.807) is 4.52 Å². The van der Waals surface area contributed by atoms with Crippen LogP contribution in [0.1, 0.15) is 54.5 Å². The van der Waals surface area contributed by atoms with Gasteiger partial charge in [0.2, 0.25) is 5.91 Å². The number of hydrogen-bond donors (Lipinski definition) is 0. The summed E-state index contributed by atoms with van der Waals surface area (Å²) in [4.78, 5) is 15.0. The normalized spacial score (nSPS) is 14.7. The number of benzene rings is 1. The fraction of sp³-hybridized carbons (Fsp3) is 0.444. The fourth-order valence-corrected chi connectivity index (χ4v) is 5.14. The Morgan fingerprint density at radius 1 is 1.00 bits per heavy atom. The molecule has 1 aromatic carbocycles. The predicted octanol–water partition coefficient (Wildman–Crippen LogP) is 3.90. The lowest BCUT2D eigenvalue weighted by atomic mass is 9.90. The number of rotatable bonds is 7. The summed E-state index contributed by atoms with van der Waals surface area (Å²) >= 11 is 0. The number of likely N-dealkylation sites (tertiary alicyclic amines) is 1. The first kappa shape index (κ1) is 23.2. The maximum absolute atomic E-state index is 13.0. The van der Waals surface area contributed by atoms with E-state index in [0.717, 1.165) is 73.0 Å². The van der Waals surface area contributed by atoms with Crippen LogP contribution in [0.25, 0.3) is 11.5 Å². The zero-order chi connectivity index (χ0) is 24.4. The second-order valence-electron chi connectivity index (χ2n) is 9.51. The monoisotopic (exact) mass is 471 g/mol. The van der Waals surface area contributed by atoms with Crippen LogP contribution in [-0.4, -0.2) is 53.5 Å². The van der Waals surface area contributed by atoms with Gasteiger partial charge in [0.25, 0.3) is 0 Å². The quantitative estimate of drug-likeness (QED) is 0.408. The Balaban J connectivity index is 1.21. The molecular weight excluding hydrogens is 438 g/mol. The maximum Gasteiger partial charge on any atom is 0.222 e. The highest BCUT2D eigenvalue weighted by Gasteiger charge is 2.24. The Hall–Kier alpha value is -3.55. The number of aryl methyl sites for hydroxylation is 2. The van der Waals surface area contributed by atoms with E-state index in [9.17, 15) is 4.79 Å². The summed E-state index contributed by atoms with van der Waals surface area (Å²) in [5.41, 5.74) is 5.21. The summed E-state index contributed by atoms with van der Waals surface area (Å²) < 4.78 is 3.64. The molecule has 0 radical (unpaired) electrons. The molecule has 35 heavy (non-hydrogen) atoms. The van der Waals surface area contributed by atoms with E-state index in [1.165, 1.54) is 5.56 Å². The van der Waals surface area contributed by atoms with Gasteiger partial charge in [-0.1, -0.05) is 37.3 Å². The molecule has 0 unspecified atom stereocenters. The highest BCUT2D eigenvalue weighted by Crippen LogP contribution is 2.23. The van der Waals surface area contributed by atoms with Gasteiger partial charge < -0.3 is 4.90 Å². The van der Waals surface area contributed by atoms with Gasteiger partial charge in [-0.05, 0) is 68.7 Å². The molecule has 0 N–H and O–H groups in total. The molecule has 0 spiro atoms. The van der Waals surface area contributed by atoms with Crippen LogP contribution in [0, 0.1) is 19.8 Å². The van der Waals surface area contributed by atoms with Crippen molar-refractivity contribution in [2.24, 2.45) is 5.92 Å². The third kappa shape index (κ3) is 4.83. The summed E-state index contributed by atoms with van der Waals surface area (Å²) in [5.74, 6) is 2.45. The third-order valence-corrected chi connectivity index (χ3v) is 7.21. The minimum Gasteiger partial charge on any atom is -0.343 e. The molecule has 8 nitrogen and oxygen atoms in total. The molecule has 1 amide bonds. The van der Waals surface area contributed by atoms with Gasteiger partial charge in [0.1, 0.15) is 0 Å². The van der Waals surface area contributed by atoms with Crippen molar-refractivity contribution in [3.05, 3.63) is 70.8 Å². The van der Waals surface area contributed by atoms with Crippen LogP contribution in [0.5, 0.6) is 0 Å². The average Bonchev–Trinajstić information content (AvgIpc) is 3.42. The molecule has 8 heteroatoms. The second kappa shape index (κ2) is 9.98. The topological polar surface area (TPSA) is 81.2 Å². The van der Waals surface area contributed by atoms with Crippen molar-refractivity contribution in [1.82, 2.24) is 34.5 Å². The van der Waals surface area contributed by atoms with Crippen molar-refractivity contribution in [3.63, 3.8) is 0 Å². The molecule has 1 aliphatic heterocycles. The molecule has 4 heterocycles. The van der Waals surface area contributed by atoms with Gasteiger partial charge in [0, 0.05) is 31.6 Å². The highest BCUT2D eigenvalue weighted by molar-refractivity contribution is 5.76. The van der Waals surface area contributed by atoms with Crippen molar-refractivity contribution in [2.75, 3.05) is 13.1 Å². The van der Waals surface area contributed by atoms with Crippen LogP contribution < -0.4 is 0 Å². The van der Waals surface area contributed by atoms with Gasteiger partial charge in [0.05, 0.1) is 5.69 Å². The molecule has 0 aliphatic carbocycles. The fourth-order valence-electron chi connectivity index (χ4n) is 5.14. The molecule has 1 aliphatic rings. The van der Waals surface area contributed by atoms with E-state index < -0.39 is 0 Å². The first-order valence-electron chi connectivity index (χ1n) is 12.6. The molecule has 0 atom stereocenters. The minimum atomic E-state index is 0.242. The first-order chi connectivity index (χ1) is 17.0. The molecule has 1 saturated heterocycles. The Kier molecular flexibility index (Phi) is 6.61. The lowest BCUT2D eigenvalue weighted by Crippen LogP contribution is -2.39. The summed E-state index contributed by atoms with van der Waals surface area (Å²) in [7, 11) is 0. The van der Waals surface area contributed by atoms with E-state index in [1.807, 2.05) is 42.5 Å². The van der Waals surface area contributed by atoms with Crippen LogP contribution >= 0.6 is 0 Å². The van der Waals surface area contributed by atoms with Crippen LogP contribution in [-0.2, 0) is 24.1 Å². The molecular formula is C27H33N7O. The summed E-state index contributed by atoms with van der Waals surface area (Å²) in [6.45, 7) is 7.81. The van der Waals surface area contributed by atoms with E-state index in [0.29, 0.717) is 18.8 Å². The van der Waals surface area contributed by atoms with Gasteiger partial charge in [-0.15, -0.1) is 15.3 Å². The van der Waals surface area contributed by atoms with Gasteiger partial charge in [-0.2, -0.15) is 9.61 Å². The zero-order valence-electron chi connectivity index (χ0n) is 20.8. The Morgan fingerprint density at radius 3 is 2.51 bits per heavy atom. The van der Waals surface area contributed by atoms with Crippen molar-refractivity contribution in [3.8, 4) is 5.82 Å². The van der Waals surface area contributed by atoms with Gasteiger partial charge in [0.15, 0.2) is 17.3 Å². The summed E-state index contributed by atoms with van der Waals surface area (Å²) in [6.07, 6.45) is 5.21. The summed E-state index contributed by atoms with van der Waals surface area (Å²) in [6, 6.07) is 14.5. The smallest absolute Gasteiger partial charge is 0.222 e. The van der Waals surface area contributed by atoms with Crippen LogP contribution in [0.4, 0.5) is 0 Å². The summed E-state index contributed by atoms with van der Waals surface area (Å²) in [5, 5.41) is 17.8. The van der Waals surface area contributed by atoms with E-state index in [4.69, 9.17) is 10.2 Å². The molecule has 4 aromatic rings. The lowest BCUT2D eigenvalue weighted by Gasteiger charge is -2.32. The van der Waals surface area contributed by atoms with Crippen molar-refractivity contribution < 1.29 is 4.79 Å². The average molecular weight is 472 g/mol. The van der Waals surface area contributed by atoms with Crippen LogP contribution in [0.2, 0.25) is 0 Å². The number of nitrogens with zero attached hydrogens (tertiary/aromatic N) is 7. The van der Waals surface area contributed by atoms with Crippen LogP contribution in [0.3, 0.4) is 0 Å². The number of fused-ring (bicyclic) bond motifs is 1. The molecule has 182 valence electrons.